The van der Waals surface area contributed by atoms with Gasteiger partial charge < -0.3 is 15.2 Å². The van der Waals surface area contributed by atoms with Gasteiger partial charge in [-0.05, 0) is 74.8 Å². The van der Waals surface area contributed by atoms with Crippen molar-refractivity contribution >= 4 is 22.8 Å². The summed E-state index contributed by atoms with van der Waals surface area (Å²) in [5, 5.41) is 17.5. The van der Waals surface area contributed by atoms with Gasteiger partial charge in [0.15, 0.2) is 0 Å². The summed E-state index contributed by atoms with van der Waals surface area (Å²) in [6.45, 7) is 3.56. The van der Waals surface area contributed by atoms with Crippen LogP contribution in [0.3, 0.4) is 0 Å². The van der Waals surface area contributed by atoms with Crippen LogP contribution in [0.2, 0.25) is 0 Å². The minimum atomic E-state index is -4.78. The second kappa shape index (κ2) is 9.39. The Bertz CT molecular complexity index is 1450. The van der Waals surface area contributed by atoms with Gasteiger partial charge in [0.05, 0.1) is 29.2 Å². The number of aliphatic carboxylic acids is 1. The largest absolute Gasteiger partial charge is 0.573 e. The number of nitrogens with zero attached hydrogens (tertiary/aromatic N) is 2. The lowest BCUT2D eigenvalue weighted by Crippen LogP contribution is -2.57. The van der Waals surface area contributed by atoms with E-state index in [0.29, 0.717) is 40.4 Å². The maximum Gasteiger partial charge on any atom is 0.573 e. The zero-order valence-electron chi connectivity index (χ0n) is 20.8. The third-order valence-electron chi connectivity index (χ3n) is 7.63. The van der Waals surface area contributed by atoms with E-state index in [1.807, 2.05) is 6.92 Å². The molecule has 198 valence electrons. The van der Waals surface area contributed by atoms with E-state index in [-0.39, 0.29) is 29.0 Å². The van der Waals surface area contributed by atoms with Gasteiger partial charge in [0.25, 0.3) is 5.91 Å². The lowest BCUT2D eigenvalue weighted by molar-refractivity contribution is -0.274. The second-order valence-corrected chi connectivity index (χ2v) is 10.2. The van der Waals surface area contributed by atoms with Crippen molar-refractivity contribution in [3.05, 3.63) is 59.3 Å². The maximum atomic E-state index is 13.4. The Morgan fingerprint density at radius 1 is 1.16 bits per heavy atom. The first kappa shape index (κ1) is 25.6. The third kappa shape index (κ3) is 4.80. The monoisotopic (exact) mass is 525 g/mol. The molecule has 38 heavy (non-hydrogen) atoms. The fraction of sp³-hybridized carbons (Fsp3) is 0.393. The first-order valence-electron chi connectivity index (χ1n) is 12.3. The number of rotatable bonds is 6. The van der Waals surface area contributed by atoms with Crippen molar-refractivity contribution in [3.8, 4) is 17.6 Å². The Kier molecular flexibility index (Phi) is 6.33. The molecule has 0 saturated heterocycles. The van der Waals surface area contributed by atoms with E-state index in [4.69, 9.17) is 5.11 Å². The molecule has 0 radical (unpaired) electrons. The standard InChI is InChI=1S/C28H26F3N3O4/c1-3-4-18-7-10-22(25(35)33-20-13-27(14-20)11-19(12-27)26(36)37)24-23(18)15-32-34(24)16(2)17-5-8-21(9-6-17)38-28(29,30)31/h5-10,15-16,19-20H,11-14H2,1-2H3,(H,33,35)(H,36,37). The topological polar surface area (TPSA) is 93.5 Å². The molecule has 5 rings (SSSR count). The van der Waals surface area contributed by atoms with Crippen molar-refractivity contribution < 1.29 is 32.6 Å². The third-order valence-corrected chi connectivity index (χ3v) is 7.63. The number of alkyl halides is 3. The number of carbonyl (C=O) groups excluding carboxylic acids is 1. The summed E-state index contributed by atoms with van der Waals surface area (Å²) in [5.74, 6) is 4.27. The fourth-order valence-electron chi connectivity index (χ4n) is 5.82. The van der Waals surface area contributed by atoms with Crippen molar-refractivity contribution in [1.82, 2.24) is 15.1 Å². The van der Waals surface area contributed by atoms with E-state index in [1.54, 1.807) is 29.9 Å². The number of carboxylic acids is 1. The number of benzene rings is 2. The van der Waals surface area contributed by atoms with E-state index in [0.717, 1.165) is 12.8 Å². The Morgan fingerprint density at radius 3 is 2.45 bits per heavy atom. The van der Waals surface area contributed by atoms with Crippen molar-refractivity contribution in [2.75, 3.05) is 0 Å². The van der Waals surface area contributed by atoms with Gasteiger partial charge in [0.1, 0.15) is 5.75 Å². The van der Waals surface area contributed by atoms with Crippen molar-refractivity contribution in [3.63, 3.8) is 0 Å². The van der Waals surface area contributed by atoms with E-state index in [2.05, 4.69) is 27.0 Å². The lowest BCUT2D eigenvalue weighted by atomic mass is 9.50. The average Bonchev–Trinajstić information content (AvgIpc) is 3.24. The van der Waals surface area contributed by atoms with Crippen LogP contribution in [0.5, 0.6) is 5.75 Å². The zero-order chi connectivity index (χ0) is 27.2. The van der Waals surface area contributed by atoms with Crippen LogP contribution in [0.25, 0.3) is 10.9 Å². The molecule has 1 spiro atoms. The van der Waals surface area contributed by atoms with Gasteiger partial charge in [-0.1, -0.05) is 18.1 Å². The molecule has 2 N–H and O–H groups in total. The quantitative estimate of drug-likeness (QED) is 0.427. The van der Waals surface area contributed by atoms with E-state index >= 15 is 0 Å². The van der Waals surface area contributed by atoms with Crippen LogP contribution in [0.4, 0.5) is 13.2 Å². The average molecular weight is 526 g/mol. The molecule has 1 aromatic heterocycles. The number of hydrogen-bond acceptors (Lipinski definition) is 4. The van der Waals surface area contributed by atoms with Crippen molar-refractivity contribution in [2.24, 2.45) is 11.3 Å². The maximum absolute atomic E-state index is 13.4. The number of ether oxygens (including phenoxy) is 1. The van der Waals surface area contributed by atoms with Crippen LogP contribution in [-0.2, 0) is 4.79 Å². The summed E-state index contributed by atoms with van der Waals surface area (Å²) >= 11 is 0. The molecule has 3 aromatic rings. The van der Waals surface area contributed by atoms with Gasteiger partial charge in [-0.25, -0.2) is 0 Å². The lowest BCUT2D eigenvalue weighted by Gasteiger charge is -2.56. The molecule has 2 saturated carbocycles. The van der Waals surface area contributed by atoms with Crippen LogP contribution in [0, 0.1) is 23.2 Å². The molecular weight excluding hydrogens is 499 g/mol. The summed E-state index contributed by atoms with van der Waals surface area (Å²) in [7, 11) is 0. The summed E-state index contributed by atoms with van der Waals surface area (Å²) in [6.07, 6.45) is -0.315. The molecule has 1 heterocycles. The predicted octanol–water partition coefficient (Wildman–Crippen LogP) is 5.29. The van der Waals surface area contributed by atoms with Crippen LogP contribution in [-0.4, -0.2) is 39.2 Å². The van der Waals surface area contributed by atoms with Crippen LogP contribution < -0.4 is 10.1 Å². The molecular formula is C28H26F3N3O4. The molecule has 7 nitrogen and oxygen atoms in total. The SMILES string of the molecule is CC#Cc1ccc(C(=O)NC2CC3(C2)CC(C(=O)O)C3)c2c1cnn2C(C)c1ccc(OC(F)(F)F)cc1. The number of carboxylic acid groups (broad SMARTS) is 1. The number of amides is 1. The molecule has 2 fully saturated rings. The van der Waals surface area contributed by atoms with Crippen LogP contribution >= 0.6 is 0 Å². The van der Waals surface area contributed by atoms with Crippen LogP contribution in [0.15, 0.2) is 42.6 Å². The Hall–Kier alpha value is -4.00. The van der Waals surface area contributed by atoms with Gasteiger partial charge >= 0.3 is 12.3 Å². The fourth-order valence-corrected chi connectivity index (χ4v) is 5.82. The van der Waals surface area contributed by atoms with Gasteiger partial charge in [-0.2, -0.15) is 5.10 Å². The summed E-state index contributed by atoms with van der Waals surface area (Å²) in [5.41, 5.74) is 2.41. The second-order valence-electron chi connectivity index (χ2n) is 10.2. The summed E-state index contributed by atoms with van der Waals surface area (Å²) in [4.78, 5) is 24.6. The molecule has 1 amide bonds. The molecule has 2 aliphatic carbocycles. The molecule has 10 heteroatoms. The normalized spacial score (nSPS) is 23.1. The number of hydrogen-bond donors (Lipinski definition) is 2. The summed E-state index contributed by atoms with van der Waals surface area (Å²) in [6, 6.07) is 8.61. The molecule has 0 aliphatic heterocycles. The van der Waals surface area contributed by atoms with Crippen molar-refractivity contribution in [1.29, 1.82) is 0 Å². The van der Waals surface area contributed by atoms with E-state index in [9.17, 15) is 22.8 Å². The molecule has 2 aliphatic rings. The van der Waals surface area contributed by atoms with Gasteiger partial charge in [-0.15, -0.1) is 19.1 Å². The van der Waals surface area contributed by atoms with Crippen molar-refractivity contribution in [2.45, 2.75) is 58.0 Å². The summed E-state index contributed by atoms with van der Waals surface area (Å²) < 4.78 is 43.3. The number of aromatic nitrogens is 2. The highest BCUT2D eigenvalue weighted by atomic mass is 19.4. The zero-order valence-corrected chi connectivity index (χ0v) is 20.8. The number of fused-ring (bicyclic) bond motifs is 1. The van der Waals surface area contributed by atoms with Gasteiger partial charge in [0, 0.05) is 17.0 Å². The number of halogens is 3. The Morgan fingerprint density at radius 2 is 1.84 bits per heavy atom. The minimum absolute atomic E-state index is 0.0230. The van der Waals surface area contributed by atoms with Gasteiger partial charge in [0.2, 0.25) is 0 Å². The molecule has 2 aromatic carbocycles. The van der Waals surface area contributed by atoms with Crippen LogP contribution in [0.1, 0.15) is 67.1 Å². The number of nitrogens with one attached hydrogen (secondary N) is 1. The molecule has 1 atom stereocenters. The highest BCUT2D eigenvalue weighted by molar-refractivity contribution is 6.07. The first-order valence-corrected chi connectivity index (χ1v) is 12.3. The minimum Gasteiger partial charge on any atom is -0.481 e. The van der Waals surface area contributed by atoms with E-state index < -0.39 is 18.4 Å². The Labute approximate surface area is 217 Å². The first-order chi connectivity index (χ1) is 18.0. The Balaban J connectivity index is 1.40. The highest BCUT2D eigenvalue weighted by Gasteiger charge is 2.55. The predicted molar refractivity (Wildman–Crippen MR) is 133 cm³/mol. The molecule has 1 unspecified atom stereocenters. The number of carbonyl (C=O) groups is 2. The molecule has 0 bridgehead atoms. The highest BCUT2D eigenvalue weighted by Crippen LogP contribution is 2.58. The van der Waals surface area contributed by atoms with Gasteiger partial charge in [-0.3, -0.25) is 14.3 Å². The van der Waals surface area contributed by atoms with E-state index in [1.165, 1.54) is 24.3 Å². The smallest absolute Gasteiger partial charge is 0.481 e.